The third-order valence-electron chi connectivity index (χ3n) is 2.73. The van der Waals surface area contributed by atoms with E-state index in [4.69, 9.17) is 21.8 Å². The molecule has 106 valence electrons. The second-order valence-electron chi connectivity index (χ2n) is 4.39. The number of hydrogen-bond donors (Lipinski definition) is 1. The monoisotopic (exact) mass is 292 g/mol. The zero-order chi connectivity index (χ0) is 14.4. The number of halogens is 1. The van der Waals surface area contributed by atoms with Crippen molar-refractivity contribution in [3.05, 3.63) is 30.2 Å². The van der Waals surface area contributed by atoms with Gasteiger partial charge in [0.1, 0.15) is 5.84 Å². The lowest BCUT2D eigenvalue weighted by Gasteiger charge is -1.98. The van der Waals surface area contributed by atoms with E-state index in [-0.39, 0.29) is 5.88 Å². The van der Waals surface area contributed by atoms with Gasteiger partial charge in [0.15, 0.2) is 0 Å². The highest BCUT2D eigenvalue weighted by Gasteiger charge is 2.08. The summed E-state index contributed by atoms with van der Waals surface area (Å²) in [6, 6.07) is 7.42. The second kappa shape index (κ2) is 7.05. The van der Waals surface area contributed by atoms with Crippen molar-refractivity contribution in [1.82, 2.24) is 10.2 Å². The first-order chi connectivity index (χ1) is 9.72. The molecule has 0 amide bonds. The maximum absolute atomic E-state index is 5.61. The van der Waals surface area contributed by atoms with E-state index < -0.39 is 0 Å². The summed E-state index contributed by atoms with van der Waals surface area (Å²) in [5.74, 6) is 1.80. The number of unbranched alkanes of at least 4 members (excludes halogenated alkanes) is 1. The molecule has 5 nitrogen and oxygen atoms in total. The van der Waals surface area contributed by atoms with Gasteiger partial charge in [0.25, 0.3) is 0 Å². The fourth-order valence-corrected chi connectivity index (χ4v) is 1.73. The molecule has 0 radical (unpaired) electrons. The van der Waals surface area contributed by atoms with Gasteiger partial charge in [-0.15, -0.1) is 21.8 Å². The van der Waals surface area contributed by atoms with Crippen LogP contribution in [0.3, 0.4) is 0 Å². The minimum absolute atomic E-state index is 0.214. The molecule has 0 aliphatic rings. The number of benzene rings is 1. The molecule has 2 aromatic rings. The van der Waals surface area contributed by atoms with E-state index in [1.54, 1.807) is 0 Å². The fourth-order valence-electron chi connectivity index (χ4n) is 1.67. The van der Waals surface area contributed by atoms with Crippen LogP contribution in [0.15, 0.2) is 33.7 Å². The largest absolute Gasteiger partial charge is 0.421 e. The quantitative estimate of drug-likeness (QED) is 0.503. The molecule has 0 bridgehead atoms. The topological polar surface area (TPSA) is 77.3 Å². The predicted octanol–water partition coefficient (Wildman–Crippen LogP) is 3.31. The van der Waals surface area contributed by atoms with E-state index in [0.717, 1.165) is 30.5 Å². The number of aromatic nitrogens is 2. The first-order valence-electron chi connectivity index (χ1n) is 6.54. The fraction of sp³-hybridized carbons (Fsp3) is 0.357. The molecule has 1 aromatic carbocycles. The Morgan fingerprint density at radius 1 is 1.30 bits per heavy atom. The van der Waals surface area contributed by atoms with Crippen LogP contribution in [-0.2, 0) is 6.42 Å². The first-order valence-corrected chi connectivity index (χ1v) is 7.08. The summed E-state index contributed by atoms with van der Waals surface area (Å²) in [6.07, 6.45) is 2.97. The number of nitrogens with zero attached hydrogens (tertiary/aromatic N) is 3. The number of aliphatic imine (C=N–C) groups is 1. The first kappa shape index (κ1) is 14.5. The van der Waals surface area contributed by atoms with E-state index in [1.165, 1.54) is 0 Å². The van der Waals surface area contributed by atoms with Crippen LogP contribution in [0.5, 0.6) is 0 Å². The number of rotatable bonds is 6. The van der Waals surface area contributed by atoms with Gasteiger partial charge in [-0.25, -0.2) is 4.99 Å². The van der Waals surface area contributed by atoms with Crippen LogP contribution in [0, 0.1) is 0 Å². The summed E-state index contributed by atoms with van der Waals surface area (Å²) in [5, 5.41) is 8.08. The van der Waals surface area contributed by atoms with Crippen LogP contribution in [0.25, 0.3) is 11.5 Å². The normalized spacial score (nSPS) is 11.8. The smallest absolute Gasteiger partial charge is 0.247 e. The lowest BCUT2D eigenvalue weighted by atomic mass is 10.2. The molecule has 0 saturated carbocycles. The van der Waals surface area contributed by atoms with Gasteiger partial charge < -0.3 is 10.2 Å². The van der Waals surface area contributed by atoms with Crippen molar-refractivity contribution in [1.29, 1.82) is 0 Å². The summed E-state index contributed by atoms with van der Waals surface area (Å²) in [5.41, 5.74) is 7.19. The average molecular weight is 293 g/mol. The Morgan fingerprint density at radius 2 is 2.05 bits per heavy atom. The highest BCUT2D eigenvalue weighted by atomic mass is 35.5. The van der Waals surface area contributed by atoms with Crippen molar-refractivity contribution >= 4 is 23.1 Å². The SMILES string of the molecule is CCCCc1nnc(-c2ccc(N=C(N)CCl)cc2)o1. The van der Waals surface area contributed by atoms with Crippen molar-refractivity contribution in [2.75, 3.05) is 5.88 Å². The predicted molar refractivity (Wildman–Crippen MR) is 80.3 cm³/mol. The van der Waals surface area contributed by atoms with Gasteiger partial charge in [-0.05, 0) is 30.7 Å². The maximum atomic E-state index is 5.61. The van der Waals surface area contributed by atoms with Gasteiger partial charge in [-0.2, -0.15) is 0 Å². The number of aryl methyl sites for hydroxylation is 1. The molecule has 6 heteroatoms. The van der Waals surface area contributed by atoms with Gasteiger partial charge >= 0.3 is 0 Å². The third-order valence-corrected chi connectivity index (χ3v) is 3.01. The Morgan fingerprint density at radius 3 is 2.70 bits per heavy atom. The zero-order valence-corrected chi connectivity index (χ0v) is 12.1. The molecule has 20 heavy (non-hydrogen) atoms. The summed E-state index contributed by atoms with van der Waals surface area (Å²) < 4.78 is 5.61. The molecule has 0 fully saturated rings. The van der Waals surface area contributed by atoms with Gasteiger partial charge in [-0.3, -0.25) is 0 Å². The van der Waals surface area contributed by atoms with Gasteiger partial charge in [0, 0.05) is 12.0 Å². The van der Waals surface area contributed by atoms with E-state index in [2.05, 4.69) is 22.1 Å². The molecule has 0 saturated heterocycles. The molecule has 0 unspecified atom stereocenters. The molecule has 1 heterocycles. The van der Waals surface area contributed by atoms with E-state index in [1.807, 2.05) is 24.3 Å². The van der Waals surface area contributed by atoms with Crippen LogP contribution in [-0.4, -0.2) is 21.9 Å². The molecule has 2 rings (SSSR count). The average Bonchev–Trinajstić information content (AvgIpc) is 2.94. The lowest BCUT2D eigenvalue weighted by molar-refractivity contribution is 0.496. The molecular weight excluding hydrogens is 276 g/mol. The van der Waals surface area contributed by atoms with Crippen molar-refractivity contribution < 1.29 is 4.42 Å². The van der Waals surface area contributed by atoms with Gasteiger partial charge in [-0.1, -0.05) is 13.3 Å². The summed E-state index contributed by atoms with van der Waals surface area (Å²) in [4.78, 5) is 4.15. The van der Waals surface area contributed by atoms with Crippen LogP contribution >= 0.6 is 11.6 Å². The zero-order valence-electron chi connectivity index (χ0n) is 11.3. The van der Waals surface area contributed by atoms with Crippen molar-refractivity contribution in [2.24, 2.45) is 10.7 Å². The van der Waals surface area contributed by atoms with Crippen LogP contribution in [0.4, 0.5) is 5.69 Å². The molecule has 2 N–H and O–H groups in total. The van der Waals surface area contributed by atoms with Crippen LogP contribution in [0.2, 0.25) is 0 Å². The Kier molecular flexibility index (Phi) is 5.12. The summed E-state index contributed by atoms with van der Waals surface area (Å²) in [7, 11) is 0. The third kappa shape index (κ3) is 3.81. The molecule has 1 aromatic heterocycles. The molecule has 0 spiro atoms. The molecule has 0 atom stereocenters. The van der Waals surface area contributed by atoms with E-state index in [0.29, 0.717) is 17.6 Å². The van der Waals surface area contributed by atoms with E-state index >= 15 is 0 Å². The van der Waals surface area contributed by atoms with E-state index in [9.17, 15) is 0 Å². The minimum Gasteiger partial charge on any atom is -0.421 e. The molecule has 0 aliphatic carbocycles. The van der Waals surface area contributed by atoms with Gasteiger partial charge in [0.2, 0.25) is 11.8 Å². The highest BCUT2D eigenvalue weighted by molar-refractivity contribution is 6.28. The van der Waals surface area contributed by atoms with Gasteiger partial charge in [0.05, 0.1) is 11.6 Å². The Balaban J connectivity index is 2.11. The van der Waals surface area contributed by atoms with Crippen molar-refractivity contribution in [3.63, 3.8) is 0 Å². The van der Waals surface area contributed by atoms with Crippen molar-refractivity contribution in [2.45, 2.75) is 26.2 Å². The van der Waals surface area contributed by atoms with Crippen LogP contribution in [0.1, 0.15) is 25.7 Å². The molecule has 0 aliphatic heterocycles. The standard InChI is InChI=1S/C14H17ClN4O/c1-2-3-4-13-18-19-14(20-13)10-5-7-11(8-6-10)17-12(16)9-15/h5-8H,2-4,9H2,1H3,(H2,16,17). The Bertz CT molecular complexity index is 577. The lowest BCUT2D eigenvalue weighted by Crippen LogP contribution is -2.12. The number of alkyl halides is 1. The summed E-state index contributed by atoms with van der Waals surface area (Å²) in [6.45, 7) is 2.13. The van der Waals surface area contributed by atoms with Crippen LogP contribution < -0.4 is 5.73 Å². The maximum Gasteiger partial charge on any atom is 0.247 e. The number of hydrogen-bond acceptors (Lipinski definition) is 4. The Labute approximate surface area is 122 Å². The molecular formula is C14H17ClN4O. The summed E-state index contributed by atoms with van der Waals surface area (Å²) >= 11 is 5.58. The Hall–Kier alpha value is -1.88. The number of nitrogens with two attached hydrogens (primary N) is 1. The second-order valence-corrected chi connectivity index (χ2v) is 4.66. The minimum atomic E-state index is 0.214. The number of amidine groups is 1. The highest BCUT2D eigenvalue weighted by Crippen LogP contribution is 2.22. The van der Waals surface area contributed by atoms with Crippen molar-refractivity contribution in [3.8, 4) is 11.5 Å².